The average Bonchev–Trinajstić information content (AvgIpc) is 2.87. The van der Waals surface area contributed by atoms with Gasteiger partial charge in [-0.1, -0.05) is 13.0 Å². The molecule has 0 saturated heterocycles. The molecule has 1 aliphatic rings. The second-order valence-electron chi connectivity index (χ2n) is 5.41. The lowest BCUT2D eigenvalue weighted by atomic mass is 10.1. The number of hydrogen-bond donors (Lipinski definition) is 2. The highest BCUT2D eigenvalue weighted by atomic mass is 32.2. The molecule has 20 heavy (non-hydrogen) atoms. The first-order valence-corrected chi connectivity index (χ1v) is 8.43. The maximum atomic E-state index is 9.65. The number of phenols is 1. The number of hydrogen-bond acceptors (Lipinski definition) is 4. The minimum Gasteiger partial charge on any atom is -0.504 e. The summed E-state index contributed by atoms with van der Waals surface area (Å²) in [7, 11) is 1.58. The van der Waals surface area contributed by atoms with Crippen molar-refractivity contribution in [1.29, 1.82) is 0 Å². The van der Waals surface area contributed by atoms with E-state index in [0.29, 0.717) is 11.8 Å². The molecular formula is C16H25NO2S. The maximum Gasteiger partial charge on any atom is 0.160 e. The van der Waals surface area contributed by atoms with Crippen molar-refractivity contribution in [3.8, 4) is 11.5 Å². The Balaban J connectivity index is 1.93. The first-order chi connectivity index (χ1) is 9.63. The third-order valence-electron chi connectivity index (χ3n) is 3.98. The molecule has 1 aromatic carbocycles. The summed E-state index contributed by atoms with van der Waals surface area (Å²) >= 11 is 2.08. The third-order valence-corrected chi connectivity index (χ3v) is 5.21. The molecule has 0 bridgehead atoms. The molecule has 3 unspecified atom stereocenters. The number of aromatic hydroxyl groups is 1. The van der Waals surface area contributed by atoms with E-state index in [-0.39, 0.29) is 11.8 Å². The van der Waals surface area contributed by atoms with Gasteiger partial charge in [0.25, 0.3) is 0 Å². The van der Waals surface area contributed by atoms with Crippen LogP contribution in [0.1, 0.15) is 44.7 Å². The molecule has 112 valence electrons. The summed E-state index contributed by atoms with van der Waals surface area (Å²) in [6, 6.07) is 6.47. The van der Waals surface area contributed by atoms with E-state index >= 15 is 0 Å². The normalized spacial score (nSPS) is 23.8. The fourth-order valence-corrected chi connectivity index (χ4v) is 4.03. The summed E-state index contributed by atoms with van der Waals surface area (Å²) in [4.78, 5) is 0. The molecule has 4 heteroatoms. The molecule has 3 nitrogen and oxygen atoms in total. The molecule has 0 amide bonds. The Hall–Kier alpha value is -0.870. The smallest absolute Gasteiger partial charge is 0.160 e. The van der Waals surface area contributed by atoms with Crippen LogP contribution in [0.25, 0.3) is 0 Å². The van der Waals surface area contributed by atoms with Gasteiger partial charge >= 0.3 is 0 Å². The maximum absolute atomic E-state index is 9.65. The Bertz CT molecular complexity index is 438. The van der Waals surface area contributed by atoms with E-state index in [1.165, 1.54) is 25.0 Å². The lowest BCUT2D eigenvalue weighted by molar-refractivity contribution is 0.371. The highest BCUT2D eigenvalue weighted by Gasteiger charge is 2.25. The van der Waals surface area contributed by atoms with Crippen LogP contribution in [0.15, 0.2) is 18.2 Å². The number of methoxy groups -OCH3 is 1. The van der Waals surface area contributed by atoms with Crippen molar-refractivity contribution in [2.45, 2.75) is 50.4 Å². The standard InChI is InChI=1S/C16H25NO2S/c1-4-20-14-7-6-13(10-14)17-11(2)12-5-8-15(18)16(9-12)19-3/h5,8-9,11,13-14,17-18H,4,6-7,10H2,1-3H3. The van der Waals surface area contributed by atoms with E-state index in [2.05, 4.69) is 30.9 Å². The zero-order valence-corrected chi connectivity index (χ0v) is 13.4. The van der Waals surface area contributed by atoms with Crippen LogP contribution in [0, 0.1) is 0 Å². The van der Waals surface area contributed by atoms with Crippen LogP contribution in [0.2, 0.25) is 0 Å². The number of phenolic OH excluding ortho intramolecular Hbond substituents is 1. The van der Waals surface area contributed by atoms with Crippen LogP contribution in [0.5, 0.6) is 11.5 Å². The number of nitrogens with one attached hydrogen (secondary N) is 1. The van der Waals surface area contributed by atoms with Gasteiger partial charge in [-0.15, -0.1) is 0 Å². The van der Waals surface area contributed by atoms with Crippen LogP contribution in [0.3, 0.4) is 0 Å². The van der Waals surface area contributed by atoms with Crippen molar-refractivity contribution in [1.82, 2.24) is 5.32 Å². The van der Waals surface area contributed by atoms with Crippen molar-refractivity contribution in [2.75, 3.05) is 12.9 Å². The number of ether oxygens (including phenoxy) is 1. The van der Waals surface area contributed by atoms with Gasteiger partial charge in [-0.05, 0) is 49.6 Å². The van der Waals surface area contributed by atoms with E-state index < -0.39 is 0 Å². The van der Waals surface area contributed by atoms with Gasteiger partial charge in [0.15, 0.2) is 11.5 Å². The molecule has 0 heterocycles. The predicted molar refractivity (Wildman–Crippen MR) is 85.8 cm³/mol. The lowest BCUT2D eigenvalue weighted by Crippen LogP contribution is -2.29. The van der Waals surface area contributed by atoms with Gasteiger partial charge in [0.1, 0.15) is 0 Å². The number of rotatable bonds is 6. The van der Waals surface area contributed by atoms with Gasteiger partial charge in [-0.2, -0.15) is 11.8 Å². The Morgan fingerprint density at radius 1 is 1.45 bits per heavy atom. The second-order valence-corrected chi connectivity index (χ2v) is 6.98. The van der Waals surface area contributed by atoms with Crippen LogP contribution >= 0.6 is 11.8 Å². The fraction of sp³-hybridized carbons (Fsp3) is 0.625. The number of thioether (sulfide) groups is 1. The first-order valence-electron chi connectivity index (χ1n) is 7.38. The van der Waals surface area contributed by atoms with Crippen LogP contribution in [-0.4, -0.2) is 29.3 Å². The largest absolute Gasteiger partial charge is 0.504 e. The van der Waals surface area contributed by atoms with Crippen molar-refractivity contribution in [3.63, 3.8) is 0 Å². The van der Waals surface area contributed by atoms with Crippen molar-refractivity contribution in [2.24, 2.45) is 0 Å². The molecule has 1 aromatic rings. The average molecular weight is 295 g/mol. The number of benzene rings is 1. The Morgan fingerprint density at radius 3 is 2.95 bits per heavy atom. The van der Waals surface area contributed by atoms with Crippen molar-refractivity contribution < 1.29 is 9.84 Å². The fourth-order valence-electron chi connectivity index (χ4n) is 2.89. The zero-order chi connectivity index (χ0) is 14.5. The molecule has 1 aliphatic carbocycles. The summed E-state index contributed by atoms with van der Waals surface area (Å²) in [6.45, 7) is 4.41. The molecule has 3 atom stereocenters. The van der Waals surface area contributed by atoms with E-state index in [4.69, 9.17) is 4.74 Å². The van der Waals surface area contributed by atoms with E-state index in [1.807, 2.05) is 12.1 Å². The van der Waals surface area contributed by atoms with E-state index in [0.717, 1.165) is 10.8 Å². The van der Waals surface area contributed by atoms with Gasteiger partial charge in [-0.3, -0.25) is 0 Å². The van der Waals surface area contributed by atoms with Crippen molar-refractivity contribution >= 4 is 11.8 Å². The summed E-state index contributed by atoms with van der Waals surface area (Å²) in [5.41, 5.74) is 1.16. The Kier molecular flexibility index (Phi) is 5.61. The molecule has 0 aliphatic heterocycles. The zero-order valence-electron chi connectivity index (χ0n) is 12.6. The Morgan fingerprint density at radius 2 is 2.25 bits per heavy atom. The van der Waals surface area contributed by atoms with E-state index in [9.17, 15) is 5.11 Å². The van der Waals surface area contributed by atoms with Gasteiger partial charge in [0.05, 0.1) is 7.11 Å². The molecule has 0 aromatic heterocycles. The van der Waals surface area contributed by atoms with Crippen molar-refractivity contribution in [3.05, 3.63) is 23.8 Å². The Labute approximate surface area is 126 Å². The van der Waals surface area contributed by atoms with Gasteiger partial charge in [0.2, 0.25) is 0 Å². The predicted octanol–water partition coefficient (Wildman–Crippen LogP) is 3.73. The summed E-state index contributed by atoms with van der Waals surface area (Å²) in [6.07, 6.45) is 3.84. The molecule has 1 fully saturated rings. The summed E-state index contributed by atoms with van der Waals surface area (Å²) in [5.74, 6) is 1.95. The molecule has 0 radical (unpaired) electrons. The monoisotopic (exact) mass is 295 g/mol. The second kappa shape index (κ2) is 7.23. The minimum absolute atomic E-state index is 0.198. The summed E-state index contributed by atoms with van der Waals surface area (Å²) < 4.78 is 5.17. The quantitative estimate of drug-likeness (QED) is 0.839. The molecule has 0 spiro atoms. The van der Waals surface area contributed by atoms with Crippen LogP contribution in [0.4, 0.5) is 0 Å². The topological polar surface area (TPSA) is 41.5 Å². The highest BCUT2D eigenvalue weighted by molar-refractivity contribution is 7.99. The lowest BCUT2D eigenvalue weighted by Gasteiger charge is -2.20. The SMILES string of the molecule is CCSC1CCC(NC(C)c2ccc(O)c(OC)c2)C1. The summed E-state index contributed by atoms with van der Waals surface area (Å²) in [5, 5.41) is 14.2. The highest BCUT2D eigenvalue weighted by Crippen LogP contribution is 2.32. The van der Waals surface area contributed by atoms with Crippen LogP contribution < -0.4 is 10.1 Å². The van der Waals surface area contributed by atoms with Gasteiger partial charge < -0.3 is 15.2 Å². The molecule has 2 rings (SSSR count). The minimum atomic E-state index is 0.198. The van der Waals surface area contributed by atoms with Crippen LogP contribution in [-0.2, 0) is 0 Å². The first kappa shape index (κ1) is 15.5. The molecule has 2 N–H and O–H groups in total. The van der Waals surface area contributed by atoms with Gasteiger partial charge in [-0.25, -0.2) is 0 Å². The van der Waals surface area contributed by atoms with Gasteiger partial charge in [0, 0.05) is 17.3 Å². The molecule has 1 saturated carbocycles. The molecular weight excluding hydrogens is 270 g/mol. The third kappa shape index (κ3) is 3.83. The van der Waals surface area contributed by atoms with E-state index in [1.54, 1.807) is 13.2 Å².